The lowest BCUT2D eigenvalue weighted by molar-refractivity contribution is 0.0919. The summed E-state index contributed by atoms with van der Waals surface area (Å²) in [6.45, 7) is 4.04. The summed E-state index contributed by atoms with van der Waals surface area (Å²) in [5.74, 6) is 1.40. The summed E-state index contributed by atoms with van der Waals surface area (Å²) in [6.07, 6.45) is 4.51. The number of nitrogens with one attached hydrogen (secondary N) is 1. The number of nitrogens with zero attached hydrogens (tertiary/aromatic N) is 3. The van der Waals surface area contributed by atoms with Gasteiger partial charge >= 0.3 is 0 Å². The molecule has 1 fully saturated rings. The maximum absolute atomic E-state index is 6.04. The molecule has 2 aliphatic rings. The van der Waals surface area contributed by atoms with E-state index in [0.29, 0.717) is 12.1 Å². The predicted octanol–water partition coefficient (Wildman–Crippen LogP) is 2.00. The molecule has 0 aromatic carbocycles. The minimum Gasteiger partial charge on any atom is -0.381 e. The van der Waals surface area contributed by atoms with Gasteiger partial charge in [0, 0.05) is 38.0 Å². The Kier molecular flexibility index (Phi) is 5.44. The number of nitrogen functional groups attached to an aromatic ring is 1. The number of ether oxygens (including phenoxy) is 1. The number of halogens is 1. The number of aryl methyl sites for hydroxylation is 1. The van der Waals surface area contributed by atoms with Crippen molar-refractivity contribution in [1.82, 2.24) is 15.3 Å². The number of anilines is 2. The average molecular weight is 370 g/mol. The van der Waals surface area contributed by atoms with Crippen molar-refractivity contribution in [1.29, 1.82) is 0 Å². The zero-order chi connectivity index (χ0) is 15.8. The fraction of sp³-hybridized carbons (Fsp3) is 0.625. The zero-order valence-corrected chi connectivity index (χ0v) is 15.5. The Morgan fingerprint density at radius 2 is 2.17 bits per heavy atom. The fourth-order valence-corrected chi connectivity index (χ4v) is 4.88. The maximum atomic E-state index is 6.04. The van der Waals surface area contributed by atoms with Crippen LogP contribution in [0.5, 0.6) is 0 Å². The highest BCUT2D eigenvalue weighted by Gasteiger charge is 2.26. The molecule has 0 spiro atoms. The van der Waals surface area contributed by atoms with Gasteiger partial charge in [-0.2, -0.15) is 4.98 Å². The van der Waals surface area contributed by atoms with Crippen LogP contribution in [-0.2, 0) is 17.6 Å². The molecule has 2 aromatic rings. The lowest BCUT2D eigenvalue weighted by Crippen LogP contribution is -2.29. The summed E-state index contributed by atoms with van der Waals surface area (Å²) in [5.41, 5.74) is 8.41. The van der Waals surface area contributed by atoms with Crippen molar-refractivity contribution in [3.8, 4) is 0 Å². The van der Waals surface area contributed by atoms with Crippen LogP contribution in [0, 0.1) is 0 Å². The number of rotatable bonds is 2. The monoisotopic (exact) mass is 369 g/mol. The lowest BCUT2D eigenvalue weighted by atomic mass is 9.95. The summed E-state index contributed by atoms with van der Waals surface area (Å²) in [4.78, 5) is 13.0. The first kappa shape index (κ1) is 17.7. The van der Waals surface area contributed by atoms with Crippen molar-refractivity contribution in [3.63, 3.8) is 0 Å². The summed E-state index contributed by atoms with van der Waals surface area (Å²) < 4.78 is 6.77. The molecule has 0 amide bonds. The average Bonchev–Trinajstić information content (AvgIpc) is 2.75. The molecule has 132 valence electrons. The summed E-state index contributed by atoms with van der Waals surface area (Å²) in [5, 5.41) is 3.44. The van der Waals surface area contributed by atoms with Gasteiger partial charge in [0.05, 0.1) is 16.3 Å². The van der Waals surface area contributed by atoms with E-state index in [1.54, 1.807) is 7.11 Å². The molecular weight excluding hydrogens is 346 g/mol. The second-order valence-electron chi connectivity index (χ2n) is 6.28. The smallest absolute Gasteiger partial charge is 0.222 e. The van der Waals surface area contributed by atoms with Gasteiger partial charge in [-0.3, -0.25) is 0 Å². The van der Waals surface area contributed by atoms with Crippen LogP contribution in [-0.4, -0.2) is 49.4 Å². The topological polar surface area (TPSA) is 76.3 Å². The van der Waals surface area contributed by atoms with E-state index in [-0.39, 0.29) is 12.4 Å². The van der Waals surface area contributed by atoms with E-state index in [1.165, 1.54) is 15.1 Å². The summed E-state index contributed by atoms with van der Waals surface area (Å²) in [7, 11) is 1.79. The van der Waals surface area contributed by atoms with Crippen LogP contribution in [0.1, 0.15) is 23.3 Å². The highest BCUT2D eigenvalue weighted by atomic mass is 35.5. The molecule has 24 heavy (non-hydrogen) atoms. The molecule has 1 unspecified atom stereocenters. The van der Waals surface area contributed by atoms with E-state index < -0.39 is 0 Å². The molecule has 6 nitrogen and oxygen atoms in total. The van der Waals surface area contributed by atoms with E-state index in [4.69, 9.17) is 10.5 Å². The van der Waals surface area contributed by atoms with Gasteiger partial charge in [0.1, 0.15) is 0 Å². The SMILES string of the molecule is COC1CCc2sc3c(N4CCCNCC4)nc(N)nc3c2C1.Cl. The Bertz CT molecular complexity index is 714. The molecule has 1 saturated heterocycles. The van der Waals surface area contributed by atoms with Crippen LogP contribution in [0.4, 0.5) is 11.8 Å². The number of hydrogen-bond donors (Lipinski definition) is 2. The van der Waals surface area contributed by atoms with Crippen molar-refractivity contribution in [3.05, 3.63) is 10.4 Å². The minimum absolute atomic E-state index is 0. The Hall–Kier alpha value is -1.15. The Morgan fingerprint density at radius 3 is 3.00 bits per heavy atom. The van der Waals surface area contributed by atoms with Crippen LogP contribution in [0.2, 0.25) is 0 Å². The van der Waals surface area contributed by atoms with Gasteiger partial charge < -0.3 is 20.7 Å². The second-order valence-corrected chi connectivity index (χ2v) is 7.38. The molecule has 1 aliphatic carbocycles. The number of aromatic nitrogens is 2. The molecule has 4 rings (SSSR count). The van der Waals surface area contributed by atoms with Gasteiger partial charge in [0.2, 0.25) is 5.95 Å². The molecule has 2 aromatic heterocycles. The third-order valence-corrected chi connectivity index (χ3v) is 6.09. The summed E-state index contributed by atoms with van der Waals surface area (Å²) >= 11 is 1.85. The second kappa shape index (κ2) is 7.39. The quantitative estimate of drug-likeness (QED) is 0.843. The van der Waals surface area contributed by atoms with Crippen molar-refractivity contribution >= 4 is 45.7 Å². The van der Waals surface area contributed by atoms with Crippen LogP contribution in [0.25, 0.3) is 10.2 Å². The molecule has 3 heterocycles. The normalized spacial score (nSPS) is 21.2. The molecule has 0 radical (unpaired) electrons. The first-order chi connectivity index (χ1) is 11.3. The number of fused-ring (bicyclic) bond motifs is 3. The van der Waals surface area contributed by atoms with Gasteiger partial charge in [-0.25, -0.2) is 4.98 Å². The van der Waals surface area contributed by atoms with E-state index in [2.05, 4.69) is 20.2 Å². The zero-order valence-electron chi connectivity index (χ0n) is 13.9. The van der Waals surface area contributed by atoms with E-state index >= 15 is 0 Å². The van der Waals surface area contributed by atoms with Crippen molar-refractivity contribution in [2.75, 3.05) is 43.9 Å². The van der Waals surface area contributed by atoms with E-state index in [1.807, 2.05) is 11.3 Å². The molecule has 0 bridgehead atoms. The van der Waals surface area contributed by atoms with Gasteiger partial charge in [0.15, 0.2) is 5.82 Å². The molecule has 1 aliphatic heterocycles. The van der Waals surface area contributed by atoms with Crippen molar-refractivity contribution in [2.24, 2.45) is 0 Å². The number of hydrogen-bond acceptors (Lipinski definition) is 7. The third-order valence-electron chi connectivity index (χ3n) is 4.81. The summed E-state index contributed by atoms with van der Waals surface area (Å²) in [6, 6.07) is 0. The van der Waals surface area contributed by atoms with Gasteiger partial charge in [-0.15, -0.1) is 23.7 Å². The lowest BCUT2D eigenvalue weighted by Gasteiger charge is -2.22. The molecule has 8 heteroatoms. The molecule has 3 N–H and O–H groups in total. The first-order valence-electron chi connectivity index (χ1n) is 8.32. The van der Waals surface area contributed by atoms with Crippen LogP contribution >= 0.6 is 23.7 Å². The van der Waals surface area contributed by atoms with Gasteiger partial charge in [-0.05, 0) is 31.4 Å². The van der Waals surface area contributed by atoms with Crippen molar-refractivity contribution < 1.29 is 4.74 Å². The predicted molar refractivity (Wildman–Crippen MR) is 102 cm³/mol. The van der Waals surface area contributed by atoms with Gasteiger partial charge in [0.25, 0.3) is 0 Å². The van der Waals surface area contributed by atoms with Gasteiger partial charge in [-0.1, -0.05) is 0 Å². The van der Waals surface area contributed by atoms with E-state index in [9.17, 15) is 0 Å². The molecule has 1 atom stereocenters. The van der Waals surface area contributed by atoms with E-state index in [0.717, 1.165) is 63.2 Å². The fourth-order valence-electron chi connectivity index (χ4n) is 3.58. The maximum Gasteiger partial charge on any atom is 0.222 e. The molecular formula is C16H24ClN5OS. The standard InChI is InChI=1S/C16H23N5OS.ClH/c1-22-10-3-4-12-11(9-10)13-14(23-12)15(20-16(17)19-13)21-7-2-5-18-6-8-21;/h10,18H,2-9H2,1H3,(H2,17,19,20);1H. The Morgan fingerprint density at radius 1 is 1.29 bits per heavy atom. The van der Waals surface area contributed by atoms with Crippen molar-refractivity contribution in [2.45, 2.75) is 31.8 Å². The third kappa shape index (κ3) is 3.18. The first-order valence-corrected chi connectivity index (χ1v) is 9.14. The Balaban J connectivity index is 0.00000169. The number of thiophene rings is 1. The number of methoxy groups -OCH3 is 1. The van der Waals surface area contributed by atoms with Crippen LogP contribution in [0.15, 0.2) is 0 Å². The van der Waals surface area contributed by atoms with Crippen LogP contribution < -0.4 is 16.0 Å². The number of nitrogens with two attached hydrogens (primary N) is 1. The largest absolute Gasteiger partial charge is 0.381 e. The highest BCUT2D eigenvalue weighted by molar-refractivity contribution is 7.19. The minimum atomic E-state index is 0. The Labute approximate surface area is 152 Å². The highest BCUT2D eigenvalue weighted by Crippen LogP contribution is 2.40. The van der Waals surface area contributed by atoms with Crippen LogP contribution in [0.3, 0.4) is 0 Å². The molecule has 0 saturated carbocycles.